The van der Waals surface area contributed by atoms with E-state index < -0.39 is 11.7 Å². The van der Waals surface area contributed by atoms with Crippen molar-refractivity contribution in [3.8, 4) is 0 Å². The predicted octanol–water partition coefficient (Wildman–Crippen LogP) is 1.19. The van der Waals surface area contributed by atoms with Gasteiger partial charge in [-0.2, -0.15) is 0 Å². The number of amides is 1. The molecule has 0 aromatic carbocycles. The molecule has 0 aliphatic carbocycles. The Morgan fingerprint density at radius 2 is 2.18 bits per heavy atom. The fourth-order valence-electron chi connectivity index (χ4n) is 1.77. The van der Waals surface area contributed by atoms with Crippen LogP contribution in [0.1, 0.15) is 33.6 Å². The average molecular weight is 265 g/mol. The summed E-state index contributed by atoms with van der Waals surface area (Å²) < 4.78 is 5.17. The van der Waals surface area contributed by atoms with Gasteiger partial charge >= 0.3 is 6.09 Å². The number of carbonyl (C=O) groups excluding carboxylic acids is 1. The van der Waals surface area contributed by atoms with Gasteiger partial charge in [-0.25, -0.2) is 4.79 Å². The smallest absolute Gasteiger partial charge is 0.407 e. The summed E-state index contributed by atoms with van der Waals surface area (Å²) in [4.78, 5) is 11.6. The predicted molar refractivity (Wildman–Crippen MR) is 66.0 cm³/mol. The molecule has 1 fully saturated rings. The summed E-state index contributed by atoms with van der Waals surface area (Å²) in [6.07, 6.45) is 1.01. The van der Waals surface area contributed by atoms with Gasteiger partial charge in [-0.15, -0.1) is 11.6 Å². The van der Waals surface area contributed by atoms with Crippen molar-refractivity contribution in [3.63, 3.8) is 0 Å². The van der Waals surface area contributed by atoms with Gasteiger partial charge in [0.25, 0.3) is 0 Å². The number of halogens is 1. The highest BCUT2D eigenvalue weighted by Gasteiger charge is 2.30. The third-order valence-corrected chi connectivity index (χ3v) is 2.85. The number of alkyl carbamates (subject to hydrolysis) is 1. The molecule has 3 atom stereocenters. The van der Waals surface area contributed by atoms with Crippen molar-refractivity contribution in [2.45, 2.75) is 56.8 Å². The van der Waals surface area contributed by atoms with Gasteiger partial charge in [-0.1, -0.05) is 0 Å². The summed E-state index contributed by atoms with van der Waals surface area (Å²) in [7, 11) is 0. The summed E-state index contributed by atoms with van der Waals surface area (Å²) in [6.45, 7) is 5.36. The maximum absolute atomic E-state index is 11.6. The monoisotopic (exact) mass is 264 g/mol. The van der Waals surface area contributed by atoms with Crippen LogP contribution in [0.2, 0.25) is 0 Å². The highest BCUT2D eigenvalue weighted by Crippen LogP contribution is 2.16. The van der Waals surface area contributed by atoms with Crippen LogP contribution in [0.4, 0.5) is 4.79 Å². The molecule has 5 nitrogen and oxygen atoms in total. The molecule has 0 spiro atoms. The molecular formula is C11H21ClN2O3. The maximum atomic E-state index is 11.6. The minimum Gasteiger partial charge on any atom is -0.444 e. The summed E-state index contributed by atoms with van der Waals surface area (Å²) >= 11 is 5.93. The van der Waals surface area contributed by atoms with E-state index in [1.54, 1.807) is 0 Å². The topological polar surface area (TPSA) is 70.6 Å². The molecule has 0 bridgehead atoms. The van der Waals surface area contributed by atoms with E-state index >= 15 is 0 Å². The van der Waals surface area contributed by atoms with Gasteiger partial charge in [-0.05, 0) is 33.6 Å². The minimum absolute atomic E-state index is 0.0658. The largest absolute Gasteiger partial charge is 0.444 e. The maximum Gasteiger partial charge on any atom is 0.407 e. The number of alkyl halides is 1. The Hall–Kier alpha value is -0.520. The molecule has 0 aromatic rings. The van der Waals surface area contributed by atoms with Crippen LogP contribution in [0.15, 0.2) is 0 Å². The SMILES string of the molecule is CC(C)(C)OC(=O)NC1CCC(Cl)NC1CO. The standard InChI is InChI=1S/C11H21ClN2O3/c1-11(2,3)17-10(16)14-7-4-5-9(12)13-8(7)6-15/h7-9,13,15H,4-6H2,1-3H3,(H,14,16). The summed E-state index contributed by atoms with van der Waals surface area (Å²) in [5.41, 5.74) is -0.667. The second kappa shape index (κ2) is 5.89. The third kappa shape index (κ3) is 5.10. The van der Waals surface area contributed by atoms with Crippen molar-refractivity contribution in [1.29, 1.82) is 0 Å². The van der Waals surface area contributed by atoms with E-state index in [4.69, 9.17) is 16.3 Å². The lowest BCUT2D eigenvalue weighted by Crippen LogP contribution is -2.57. The normalized spacial score (nSPS) is 29.8. The Morgan fingerprint density at radius 1 is 1.53 bits per heavy atom. The number of piperidine rings is 1. The number of nitrogens with one attached hydrogen (secondary N) is 2. The van der Waals surface area contributed by atoms with Crippen LogP contribution in [0.25, 0.3) is 0 Å². The van der Waals surface area contributed by atoms with E-state index in [1.807, 2.05) is 20.8 Å². The van der Waals surface area contributed by atoms with Crippen LogP contribution in [-0.4, -0.2) is 41.0 Å². The van der Waals surface area contributed by atoms with E-state index in [1.165, 1.54) is 0 Å². The van der Waals surface area contributed by atoms with Gasteiger partial charge < -0.3 is 15.2 Å². The molecule has 100 valence electrons. The van der Waals surface area contributed by atoms with Crippen molar-refractivity contribution in [2.24, 2.45) is 0 Å². The Balaban J connectivity index is 2.47. The van der Waals surface area contributed by atoms with Gasteiger partial charge in [0, 0.05) is 6.04 Å². The van der Waals surface area contributed by atoms with Gasteiger partial charge in [0.05, 0.1) is 18.1 Å². The molecule has 17 heavy (non-hydrogen) atoms. The van der Waals surface area contributed by atoms with Crippen molar-refractivity contribution in [3.05, 3.63) is 0 Å². The van der Waals surface area contributed by atoms with Gasteiger partial charge in [0.15, 0.2) is 0 Å². The third-order valence-electron chi connectivity index (χ3n) is 2.51. The van der Waals surface area contributed by atoms with Crippen molar-refractivity contribution >= 4 is 17.7 Å². The van der Waals surface area contributed by atoms with Crippen LogP contribution in [0, 0.1) is 0 Å². The number of carbonyl (C=O) groups is 1. The van der Waals surface area contributed by atoms with Crippen molar-refractivity contribution < 1.29 is 14.6 Å². The van der Waals surface area contributed by atoms with E-state index in [2.05, 4.69) is 10.6 Å². The lowest BCUT2D eigenvalue weighted by atomic mass is 9.99. The van der Waals surface area contributed by atoms with Crippen molar-refractivity contribution in [1.82, 2.24) is 10.6 Å². The molecular weight excluding hydrogens is 244 g/mol. The molecule has 1 rings (SSSR count). The van der Waals surface area contributed by atoms with Crippen LogP contribution < -0.4 is 10.6 Å². The zero-order valence-corrected chi connectivity index (χ0v) is 11.3. The molecule has 0 aromatic heterocycles. The zero-order chi connectivity index (χ0) is 13.1. The first kappa shape index (κ1) is 14.5. The molecule has 0 saturated carbocycles. The second-order valence-corrected chi connectivity index (χ2v) is 5.78. The highest BCUT2D eigenvalue weighted by atomic mass is 35.5. The average Bonchev–Trinajstić information content (AvgIpc) is 2.17. The first-order valence-corrected chi connectivity index (χ1v) is 6.26. The van der Waals surface area contributed by atoms with Gasteiger partial charge in [0.2, 0.25) is 0 Å². The van der Waals surface area contributed by atoms with E-state index in [0.29, 0.717) is 0 Å². The number of hydrogen-bond acceptors (Lipinski definition) is 4. The Kier molecular flexibility index (Phi) is 5.04. The molecule has 1 heterocycles. The second-order valence-electron chi connectivity index (χ2n) is 5.25. The summed E-state index contributed by atoms with van der Waals surface area (Å²) in [5.74, 6) is 0. The van der Waals surface area contributed by atoms with Crippen LogP contribution in [0.3, 0.4) is 0 Å². The Bertz CT molecular complexity index is 268. The van der Waals surface area contributed by atoms with E-state index in [0.717, 1.165) is 12.8 Å². The highest BCUT2D eigenvalue weighted by molar-refractivity contribution is 6.20. The molecule has 1 saturated heterocycles. The lowest BCUT2D eigenvalue weighted by Gasteiger charge is -2.35. The molecule has 6 heteroatoms. The molecule has 1 amide bonds. The number of aliphatic hydroxyl groups excluding tert-OH is 1. The lowest BCUT2D eigenvalue weighted by molar-refractivity contribution is 0.0465. The molecule has 3 unspecified atom stereocenters. The molecule has 1 aliphatic heterocycles. The quantitative estimate of drug-likeness (QED) is 0.518. The van der Waals surface area contributed by atoms with Crippen molar-refractivity contribution in [2.75, 3.05) is 6.61 Å². The van der Waals surface area contributed by atoms with Gasteiger partial charge in [-0.3, -0.25) is 5.32 Å². The van der Waals surface area contributed by atoms with Crippen LogP contribution >= 0.6 is 11.6 Å². The zero-order valence-electron chi connectivity index (χ0n) is 10.5. The van der Waals surface area contributed by atoms with Gasteiger partial charge in [0.1, 0.15) is 5.60 Å². The van der Waals surface area contributed by atoms with E-state index in [-0.39, 0.29) is 24.2 Å². The first-order chi connectivity index (χ1) is 7.81. The van der Waals surface area contributed by atoms with Crippen LogP contribution in [0.5, 0.6) is 0 Å². The Morgan fingerprint density at radius 3 is 2.71 bits per heavy atom. The minimum atomic E-state index is -0.518. The number of hydrogen-bond donors (Lipinski definition) is 3. The van der Waals surface area contributed by atoms with E-state index in [9.17, 15) is 9.90 Å². The fourth-order valence-corrected chi connectivity index (χ4v) is 2.06. The molecule has 1 aliphatic rings. The Labute approximate surface area is 107 Å². The summed E-state index contributed by atoms with van der Waals surface area (Å²) in [6, 6.07) is -0.372. The van der Waals surface area contributed by atoms with Crippen LogP contribution in [-0.2, 0) is 4.74 Å². The first-order valence-electron chi connectivity index (χ1n) is 5.82. The number of ether oxygens (including phenoxy) is 1. The summed E-state index contributed by atoms with van der Waals surface area (Å²) in [5, 5.41) is 15.0. The number of rotatable bonds is 2. The number of aliphatic hydroxyl groups is 1. The molecule has 3 N–H and O–H groups in total. The fraction of sp³-hybridized carbons (Fsp3) is 0.909. The molecule has 0 radical (unpaired) electrons.